The van der Waals surface area contributed by atoms with Crippen LogP contribution in [-0.4, -0.2) is 40.2 Å². The summed E-state index contributed by atoms with van der Waals surface area (Å²) in [6, 6.07) is 3.49. The lowest BCUT2D eigenvalue weighted by Gasteiger charge is -2.08. The Balaban J connectivity index is 0.000000297. The first kappa shape index (κ1) is 19.8. The summed E-state index contributed by atoms with van der Waals surface area (Å²) >= 11 is 3.30. The quantitative estimate of drug-likeness (QED) is 0.574. The highest BCUT2D eigenvalue weighted by Gasteiger charge is 1.98. The molecule has 2 heterocycles. The molecule has 1 aromatic rings. The van der Waals surface area contributed by atoms with Gasteiger partial charge in [0.2, 0.25) is 5.12 Å². The molecular formula is C15H24N2O3S. The number of aromatic nitrogens is 1. The predicted octanol–water partition coefficient (Wildman–Crippen LogP) is 1.87. The maximum Gasteiger partial charge on any atom is 0.214 e. The molecule has 0 aliphatic carbocycles. The molecule has 0 amide bonds. The van der Waals surface area contributed by atoms with Crippen molar-refractivity contribution in [2.45, 2.75) is 39.2 Å². The van der Waals surface area contributed by atoms with E-state index in [0.29, 0.717) is 5.56 Å². The zero-order chi connectivity index (χ0) is 16.1. The van der Waals surface area contributed by atoms with E-state index in [-0.39, 0.29) is 5.78 Å². The number of nitrogens with one attached hydrogen (secondary N) is 1. The summed E-state index contributed by atoms with van der Waals surface area (Å²) in [6.45, 7) is 5.40. The van der Waals surface area contributed by atoms with Gasteiger partial charge in [-0.05, 0) is 51.9 Å². The summed E-state index contributed by atoms with van der Waals surface area (Å²) in [5.74, 6) is 0.0584. The number of rotatable bonds is 2. The molecule has 1 saturated heterocycles. The van der Waals surface area contributed by atoms with Gasteiger partial charge in [0, 0.05) is 18.0 Å². The molecule has 0 saturated carbocycles. The average molecular weight is 312 g/mol. The van der Waals surface area contributed by atoms with E-state index < -0.39 is 11.2 Å². The van der Waals surface area contributed by atoms with Crippen LogP contribution in [0.15, 0.2) is 24.5 Å². The van der Waals surface area contributed by atoms with Crippen molar-refractivity contribution in [1.29, 1.82) is 0 Å². The van der Waals surface area contributed by atoms with E-state index in [0.717, 1.165) is 0 Å². The minimum Gasteiger partial charge on any atom is -0.385 e. The molecule has 1 aliphatic heterocycles. The summed E-state index contributed by atoms with van der Waals surface area (Å²) in [4.78, 5) is 24.1. The molecule has 118 valence electrons. The Labute approximate surface area is 131 Å². The maximum atomic E-state index is 10.6. The standard InChI is InChI=1S/C7H7NO.C5H11N.C3H6O2S/c1-6(9)7-3-2-4-8-5-7;1-2-4-6-5-3-1;1-2(4)3(5)6/h2-5H,1H3;6H,1-5H2;2,4H,1H3,(H,5,6). The zero-order valence-corrected chi connectivity index (χ0v) is 13.5. The van der Waals surface area contributed by atoms with Crippen LogP contribution in [0.5, 0.6) is 0 Å². The molecule has 2 N–H and O–H groups in total. The van der Waals surface area contributed by atoms with Crippen molar-refractivity contribution in [2.24, 2.45) is 0 Å². The Morgan fingerprint density at radius 3 is 2.10 bits per heavy atom. The van der Waals surface area contributed by atoms with Gasteiger partial charge in [0.05, 0.1) is 0 Å². The van der Waals surface area contributed by atoms with Gasteiger partial charge >= 0.3 is 0 Å². The minimum absolute atomic E-state index is 0.0584. The topological polar surface area (TPSA) is 79.3 Å². The van der Waals surface area contributed by atoms with E-state index in [1.165, 1.54) is 46.2 Å². The highest BCUT2D eigenvalue weighted by Crippen LogP contribution is 1.96. The van der Waals surface area contributed by atoms with Gasteiger partial charge in [0.1, 0.15) is 6.10 Å². The smallest absolute Gasteiger partial charge is 0.214 e. The molecule has 21 heavy (non-hydrogen) atoms. The fourth-order valence-corrected chi connectivity index (χ4v) is 1.37. The molecule has 2 rings (SSSR count). The lowest BCUT2D eigenvalue weighted by molar-refractivity contribution is -0.117. The highest BCUT2D eigenvalue weighted by atomic mass is 32.1. The summed E-state index contributed by atoms with van der Waals surface area (Å²) in [5.41, 5.74) is 0.664. The van der Waals surface area contributed by atoms with Crippen molar-refractivity contribution in [3.05, 3.63) is 30.1 Å². The predicted molar refractivity (Wildman–Crippen MR) is 86.6 cm³/mol. The van der Waals surface area contributed by atoms with Gasteiger partial charge in [-0.3, -0.25) is 14.6 Å². The first-order chi connectivity index (χ1) is 9.95. The zero-order valence-electron chi connectivity index (χ0n) is 12.6. The maximum absolute atomic E-state index is 10.6. The molecular weight excluding hydrogens is 288 g/mol. The monoisotopic (exact) mass is 312 g/mol. The van der Waals surface area contributed by atoms with Crippen LogP contribution < -0.4 is 5.32 Å². The number of piperidine rings is 1. The van der Waals surface area contributed by atoms with Gasteiger partial charge in [-0.2, -0.15) is 0 Å². The Morgan fingerprint density at radius 2 is 1.90 bits per heavy atom. The molecule has 5 nitrogen and oxygen atoms in total. The number of aliphatic hydroxyl groups is 1. The van der Waals surface area contributed by atoms with Crippen molar-refractivity contribution in [3.63, 3.8) is 0 Å². The van der Waals surface area contributed by atoms with Crippen molar-refractivity contribution in [3.8, 4) is 0 Å². The second-order valence-corrected chi connectivity index (χ2v) is 5.06. The van der Waals surface area contributed by atoms with Crippen molar-refractivity contribution in [2.75, 3.05) is 13.1 Å². The first-order valence-electron chi connectivity index (χ1n) is 6.97. The number of ketones is 1. The van der Waals surface area contributed by atoms with Gasteiger partial charge < -0.3 is 10.4 Å². The van der Waals surface area contributed by atoms with Crippen molar-refractivity contribution < 1.29 is 14.7 Å². The highest BCUT2D eigenvalue weighted by molar-refractivity contribution is 7.96. The van der Waals surface area contributed by atoms with Crippen LogP contribution in [0.25, 0.3) is 0 Å². The SMILES string of the molecule is C1CCNCC1.CC(=O)c1cccnc1.CC(O)C(=O)S. The Bertz CT molecular complexity index is 395. The normalized spacial score (nSPS) is 14.7. The molecule has 0 aromatic carbocycles. The van der Waals surface area contributed by atoms with Gasteiger partial charge in [-0.25, -0.2) is 0 Å². The Kier molecular flexibility index (Phi) is 11.8. The van der Waals surface area contributed by atoms with Crippen LogP contribution in [0, 0.1) is 0 Å². The van der Waals surface area contributed by atoms with Crippen LogP contribution in [0.3, 0.4) is 0 Å². The number of nitrogens with zero attached hydrogens (tertiary/aromatic N) is 1. The molecule has 1 fully saturated rings. The van der Waals surface area contributed by atoms with Crippen LogP contribution in [0.1, 0.15) is 43.5 Å². The molecule has 1 unspecified atom stereocenters. The fourth-order valence-electron chi connectivity index (χ4n) is 1.37. The van der Waals surface area contributed by atoms with E-state index in [9.17, 15) is 9.59 Å². The van der Waals surface area contributed by atoms with E-state index in [2.05, 4.69) is 22.9 Å². The lowest BCUT2D eigenvalue weighted by Crippen LogP contribution is -2.21. The number of aliphatic hydroxyl groups excluding tert-OH is 1. The molecule has 0 radical (unpaired) electrons. The van der Waals surface area contributed by atoms with Crippen LogP contribution in [-0.2, 0) is 4.79 Å². The second-order valence-electron chi connectivity index (χ2n) is 4.62. The summed E-state index contributed by atoms with van der Waals surface area (Å²) in [7, 11) is 0. The molecule has 0 bridgehead atoms. The van der Waals surface area contributed by atoms with Gasteiger partial charge in [0.15, 0.2) is 5.78 Å². The third kappa shape index (κ3) is 12.2. The van der Waals surface area contributed by atoms with Crippen LogP contribution >= 0.6 is 12.6 Å². The summed E-state index contributed by atoms with van der Waals surface area (Å²) in [5, 5.41) is 11.0. The van der Waals surface area contributed by atoms with E-state index in [1.807, 2.05) is 0 Å². The van der Waals surface area contributed by atoms with Crippen LogP contribution in [0.2, 0.25) is 0 Å². The first-order valence-corrected chi connectivity index (χ1v) is 7.42. The third-order valence-electron chi connectivity index (χ3n) is 2.63. The number of thiol groups is 1. The summed E-state index contributed by atoms with van der Waals surface area (Å²) in [6.07, 6.45) is 6.50. The number of hydrogen-bond donors (Lipinski definition) is 3. The fraction of sp³-hybridized carbons (Fsp3) is 0.533. The number of pyridine rings is 1. The number of carbonyl (C=O) groups is 2. The van der Waals surface area contributed by atoms with Crippen molar-refractivity contribution >= 4 is 23.5 Å². The second kappa shape index (κ2) is 12.5. The molecule has 1 aliphatic rings. The summed E-state index contributed by atoms with van der Waals surface area (Å²) < 4.78 is 0. The van der Waals surface area contributed by atoms with Crippen LogP contribution in [0.4, 0.5) is 0 Å². The van der Waals surface area contributed by atoms with E-state index >= 15 is 0 Å². The number of carbonyl (C=O) groups excluding carboxylic acids is 2. The molecule has 1 aromatic heterocycles. The van der Waals surface area contributed by atoms with Gasteiger partial charge in [0.25, 0.3) is 0 Å². The third-order valence-corrected chi connectivity index (χ3v) is 3.01. The van der Waals surface area contributed by atoms with Gasteiger partial charge in [-0.15, -0.1) is 12.6 Å². The lowest BCUT2D eigenvalue weighted by atomic mass is 10.2. The number of Topliss-reactive ketones (excluding diaryl/α,β-unsaturated/α-hetero) is 1. The van der Waals surface area contributed by atoms with E-state index in [4.69, 9.17) is 5.11 Å². The Hall–Kier alpha value is -1.24. The minimum atomic E-state index is -0.923. The Morgan fingerprint density at radius 1 is 1.33 bits per heavy atom. The van der Waals surface area contributed by atoms with Crippen molar-refractivity contribution in [1.82, 2.24) is 10.3 Å². The molecule has 1 atom stereocenters. The average Bonchev–Trinajstić information content (AvgIpc) is 2.51. The largest absolute Gasteiger partial charge is 0.385 e. The van der Waals surface area contributed by atoms with Gasteiger partial charge in [-0.1, -0.05) is 6.42 Å². The molecule has 0 spiro atoms. The number of hydrogen-bond acceptors (Lipinski definition) is 5. The molecule has 6 heteroatoms. The van der Waals surface area contributed by atoms with E-state index in [1.54, 1.807) is 24.5 Å².